The fraction of sp³-hybridized carbons (Fsp3) is 0.136. The van der Waals surface area contributed by atoms with Crippen molar-refractivity contribution in [3.63, 3.8) is 0 Å². The van der Waals surface area contributed by atoms with Crippen molar-refractivity contribution in [2.24, 2.45) is 0 Å². The second-order valence-corrected chi connectivity index (χ2v) is 8.02. The van der Waals surface area contributed by atoms with Gasteiger partial charge in [0.1, 0.15) is 24.4 Å². The van der Waals surface area contributed by atoms with Gasteiger partial charge in [-0.25, -0.2) is 0 Å². The van der Waals surface area contributed by atoms with Crippen LogP contribution in [0, 0.1) is 6.92 Å². The molecule has 0 heterocycles. The highest BCUT2D eigenvalue weighted by molar-refractivity contribution is 7.86. The van der Waals surface area contributed by atoms with Gasteiger partial charge < -0.3 is 8.92 Å². The Balaban J connectivity index is 1.76. The molecular weight excluding hydrogens is 376 g/mol. The molecule has 0 unspecified atom stereocenters. The highest BCUT2D eigenvalue weighted by Crippen LogP contribution is 2.28. The second-order valence-electron chi connectivity index (χ2n) is 6.44. The van der Waals surface area contributed by atoms with Crippen LogP contribution >= 0.6 is 0 Å². The van der Waals surface area contributed by atoms with Gasteiger partial charge in [-0.1, -0.05) is 24.3 Å². The molecule has 0 bridgehead atoms. The molecule has 0 spiro atoms. The van der Waals surface area contributed by atoms with E-state index in [1.54, 1.807) is 36.4 Å². The summed E-state index contributed by atoms with van der Waals surface area (Å²) in [5.74, 6) is 0.983. The van der Waals surface area contributed by atoms with Crippen LogP contribution in [0.1, 0.15) is 21.5 Å². The topological polar surface area (TPSA) is 69.7 Å². The van der Waals surface area contributed by atoms with Gasteiger partial charge in [-0.2, -0.15) is 8.42 Å². The van der Waals surface area contributed by atoms with Crippen molar-refractivity contribution in [3.8, 4) is 22.6 Å². The Morgan fingerprint density at radius 3 is 2.29 bits per heavy atom. The third-order valence-electron chi connectivity index (χ3n) is 4.11. The highest BCUT2D eigenvalue weighted by Gasteiger charge is 2.09. The van der Waals surface area contributed by atoms with Crippen LogP contribution in [0.4, 0.5) is 0 Å². The van der Waals surface area contributed by atoms with E-state index < -0.39 is 10.1 Å². The first kappa shape index (κ1) is 19.6. The molecule has 0 radical (unpaired) electrons. The van der Waals surface area contributed by atoms with Crippen LogP contribution in [0.3, 0.4) is 0 Å². The summed E-state index contributed by atoms with van der Waals surface area (Å²) in [6.07, 6.45) is 1.81. The lowest BCUT2D eigenvalue weighted by molar-refractivity contribution is 0.112. The van der Waals surface area contributed by atoms with Crippen molar-refractivity contribution in [2.75, 3.05) is 6.26 Å². The zero-order chi connectivity index (χ0) is 20.1. The van der Waals surface area contributed by atoms with Crippen LogP contribution in [0.15, 0.2) is 66.7 Å². The molecule has 0 amide bonds. The maximum atomic E-state index is 11.3. The first-order valence-electron chi connectivity index (χ1n) is 8.61. The molecule has 3 rings (SSSR count). The molecule has 0 N–H and O–H groups in total. The Morgan fingerprint density at radius 1 is 0.929 bits per heavy atom. The number of aryl methyl sites for hydroxylation is 1. The standard InChI is InChI=1S/C22H20O5S/c1-16-12-21(27-28(2,24)25)10-11-22(16)19-5-3-4-18(13-19)15-26-20-8-6-17(14-23)7-9-20/h3-14H,15H2,1-2H3. The molecule has 28 heavy (non-hydrogen) atoms. The van der Waals surface area contributed by atoms with Crippen molar-refractivity contribution < 1.29 is 22.1 Å². The van der Waals surface area contributed by atoms with Gasteiger partial charge in [-0.3, -0.25) is 4.79 Å². The van der Waals surface area contributed by atoms with E-state index in [1.165, 1.54) is 0 Å². The molecule has 144 valence electrons. The van der Waals surface area contributed by atoms with Crippen molar-refractivity contribution in [1.82, 2.24) is 0 Å². The summed E-state index contributed by atoms with van der Waals surface area (Å²) in [6, 6.07) is 20.1. The number of hydrogen-bond acceptors (Lipinski definition) is 5. The van der Waals surface area contributed by atoms with Crippen molar-refractivity contribution in [2.45, 2.75) is 13.5 Å². The van der Waals surface area contributed by atoms with Crippen LogP contribution < -0.4 is 8.92 Å². The monoisotopic (exact) mass is 396 g/mol. The van der Waals surface area contributed by atoms with E-state index >= 15 is 0 Å². The summed E-state index contributed by atoms with van der Waals surface area (Å²) >= 11 is 0. The zero-order valence-electron chi connectivity index (χ0n) is 15.6. The summed E-state index contributed by atoms with van der Waals surface area (Å²) in [7, 11) is -3.55. The molecule has 0 aromatic heterocycles. The van der Waals surface area contributed by atoms with Crippen LogP contribution in [0.25, 0.3) is 11.1 Å². The molecule has 0 aliphatic rings. The lowest BCUT2D eigenvalue weighted by atomic mass is 9.99. The SMILES string of the molecule is Cc1cc(OS(C)(=O)=O)ccc1-c1cccc(COc2ccc(C=O)cc2)c1. The van der Waals surface area contributed by atoms with E-state index in [0.29, 0.717) is 23.7 Å². The van der Waals surface area contributed by atoms with Gasteiger partial charge in [0.2, 0.25) is 0 Å². The minimum atomic E-state index is -3.55. The minimum Gasteiger partial charge on any atom is -0.489 e. The number of rotatable bonds is 7. The van der Waals surface area contributed by atoms with E-state index in [-0.39, 0.29) is 0 Å². The summed E-state index contributed by atoms with van der Waals surface area (Å²) < 4.78 is 33.3. The van der Waals surface area contributed by atoms with Gasteiger partial charge in [0, 0.05) is 5.56 Å². The number of carbonyl (C=O) groups excluding carboxylic acids is 1. The fourth-order valence-electron chi connectivity index (χ4n) is 2.82. The molecule has 5 nitrogen and oxygen atoms in total. The Bertz CT molecular complexity index is 1090. The number of benzene rings is 3. The van der Waals surface area contributed by atoms with Gasteiger partial charge in [-0.05, 0) is 71.6 Å². The first-order valence-corrected chi connectivity index (χ1v) is 10.4. The smallest absolute Gasteiger partial charge is 0.306 e. The Labute approximate surface area is 164 Å². The van der Waals surface area contributed by atoms with E-state index in [4.69, 9.17) is 8.92 Å². The normalized spacial score (nSPS) is 11.1. The quantitative estimate of drug-likeness (QED) is 0.438. The molecule has 0 aliphatic heterocycles. The van der Waals surface area contributed by atoms with Gasteiger partial charge in [0.25, 0.3) is 0 Å². The largest absolute Gasteiger partial charge is 0.489 e. The highest BCUT2D eigenvalue weighted by atomic mass is 32.2. The second kappa shape index (κ2) is 8.27. The lowest BCUT2D eigenvalue weighted by Gasteiger charge is -2.11. The Hall–Kier alpha value is -3.12. The maximum absolute atomic E-state index is 11.3. The number of ether oxygens (including phenoxy) is 1. The molecular formula is C22H20O5S. The molecule has 0 saturated carbocycles. The van der Waals surface area contributed by atoms with E-state index in [0.717, 1.165) is 34.8 Å². The first-order chi connectivity index (χ1) is 13.3. The number of carbonyl (C=O) groups is 1. The molecule has 0 atom stereocenters. The number of hydrogen-bond donors (Lipinski definition) is 0. The molecule has 0 saturated heterocycles. The fourth-order valence-corrected chi connectivity index (χ4v) is 3.28. The maximum Gasteiger partial charge on any atom is 0.306 e. The predicted octanol–water partition coefficient (Wildman–Crippen LogP) is 4.39. The third kappa shape index (κ3) is 5.20. The lowest BCUT2D eigenvalue weighted by Crippen LogP contribution is -2.05. The average molecular weight is 396 g/mol. The van der Waals surface area contributed by atoms with Crippen LogP contribution in [-0.4, -0.2) is 21.0 Å². The van der Waals surface area contributed by atoms with E-state index in [1.807, 2.05) is 37.3 Å². The van der Waals surface area contributed by atoms with Gasteiger partial charge in [0.15, 0.2) is 0 Å². The van der Waals surface area contributed by atoms with Gasteiger partial charge in [-0.15, -0.1) is 0 Å². The van der Waals surface area contributed by atoms with Crippen LogP contribution in [0.2, 0.25) is 0 Å². The Morgan fingerprint density at radius 2 is 1.64 bits per heavy atom. The summed E-state index contributed by atoms with van der Waals surface area (Å²) in [5, 5.41) is 0. The average Bonchev–Trinajstić information content (AvgIpc) is 2.66. The molecule has 6 heteroatoms. The van der Waals surface area contributed by atoms with E-state index in [9.17, 15) is 13.2 Å². The molecule has 0 aliphatic carbocycles. The predicted molar refractivity (Wildman–Crippen MR) is 108 cm³/mol. The van der Waals surface area contributed by atoms with Crippen molar-refractivity contribution in [3.05, 3.63) is 83.4 Å². The van der Waals surface area contributed by atoms with Gasteiger partial charge in [0.05, 0.1) is 6.26 Å². The summed E-state index contributed by atoms with van der Waals surface area (Å²) in [5.41, 5.74) is 4.49. The number of aldehydes is 1. The summed E-state index contributed by atoms with van der Waals surface area (Å²) in [6.45, 7) is 2.30. The van der Waals surface area contributed by atoms with Crippen molar-refractivity contribution >= 4 is 16.4 Å². The third-order valence-corrected chi connectivity index (χ3v) is 4.60. The van der Waals surface area contributed by atoms with Crippen molar-refractivity contribution in [1.29, 1.82) is 0 Å². The minimum absolute atomic E-state index is 0.294. The zero-order valence-corrected chi connectivity index (χ0v) is 16.4. The molecule has 0 fully saturated rings. The van der Waals surface area contributed by atoms with Crippen LogP contribution in [-0.2, 0) is 16.7 Å². The molecule has 3 aromatic rings. The van der Waals surface area contributed by atoms with E-state index in [2.05, 4.69) is 0 Å². The Kier molecular flexibility index (Phi) is 5.80. The summed E-state index contributed by atoms with van der Waals surface area (Å²) in [4.78, 5) is 10.7. The molecule has 3 aromatic carbocycles. The van der Waals surface area contributed by atoms with Crippen LogP contribution in [0.5, 0.6) is 11.5 Å². The van der Waals surface area contributed by atoms with Gasteiger partial charge >= 0.3 is 10.1 Å².